The first kappa shape index (κ1) is 19.8. The van der Waals surface area contributed by atoms with Crippen LogP contribution in [0.4, 0.5) is 0 Å². The summed E-state index contributed by atoms with van der Waals surface area (Å²) in [4.78, 5) is 17.2. The number of hydrogen-bond acceptors (Lipinski definition) is 3. The SMILES string of the molecule is Cc1ccc([C@H](NC(=O)[C@H](C)Cn2nc(C)c(C)c2C)c2cccnc2)cc1. The number of aromatic nitrogens is 3. The molecule has 28 heavy (non-hydrogen) atoms. The van der Waals surface area contributed by atoms with E-state index < -0.39 is 0 Å². The van der Waals surface area contributed by atoms with Crippen LogP contribution >= 0.6 is 0 Å². The van der Waals surface area contributed by atoms with E-state index in [0.29, 0.717) is 6.54 Å². The van der Waals surface area contributed by atoms with Gasteiger partial charge in [-0.05, 0) is 50.5 Å². The van der Waals surface area contributed by atoms with Crippen LogP contribution in [0.25, 0.3) is 0 Å². The minimum Gasteiger partial charge on any atom is -0.345 e. The molecule has 0 aliphatic heterocycles. The predicted octanol–water partition coefficient (Wildman–Crippen LogP) is 4.05. The number of nitrogens with one attached hydrogen (secondary N) is 1. The van der Waals surface area contributed by atoms with Gasteiger partial charge in [0.15, 0.2) is 0 Å². The Bertz CT molecular complexity index is 945. The van der Waals surface area contributed by atoms with Crippen LogP contribution in [0, 0.1) is 33.6 Å². The largest absolute Gasteiger partial charge is 0.345 e. The molecule has 0 bridgehead atoms. The minimum atomic E-state index is -0.230. The fourth-order valence-electron chi connectivity index (χ4n) is 3.26. The van der Waals surface area contributed by atoms with Gasteiger partial charge in [0.25, 0.3) is 0 Å². The zero-order valence-electron chi connectivity index (χ0n) is 17.2. The Balaban J connectivity index is 1.80. The summed E-state index contributed by atoms with van der Waals surface area (Å²) < 4.78 is 1.93. The molecule has 5 heteroatoms. The molecule has 3 aromatic rings. The van der Waals surface area contributed by atoms with E-state index in [1.807, 2.05) is 37.6 Å². The van der Waals surface area contributed by atoms with Crippen molar-refractivity contribution in [2.75, 3.05) is 0 Å². The van der Waals surface area contributed by atoms with Crippen molar-refractivity contribution in [1.29, 1.82) is 0 Å². The predicted molar refractivity (Wildman–Crippen MR) is 111 cm³/mol. The van der Waals surface area contributed by atoms with Gasteiger partial charge in [0, 0.05) is 18.1 Å². The zero-order chi connectivity index (χ0) is 20.3. The lowest BCUT2D eigenvalue weighted by Gasteiger charge is -2.22. The number of rotatable bonds is 6. The lowest BCUT2D eigenvalue weighted by Crippen LogP contribution is -2.35. The highest BCUT2D eigenvalue weighted by Gasteiger charge is 2.22. The first-order chi connectivity index (χ1) is 13.4. The van der Waals surface area contributed by atoms with E-state index >= 15 is 0 Å². The third kappa shape index (κ3) is 4.30. The normalized spacial score (nSPS) is 13.2. The Morgan fingerprint density at radius 3 is 2.36 bits per heavy atom. The summed E-state index contributed by atoms with van der Waals surface area (Å²) in [5.41, 5.74) is 6.50. The summed E-state index contributed by atoms with van der Waals surface area (Å²) in [6.07, 6.45) is 3.55. The number of carbonyl (C=O) groups excluding carboxylic acids is 1. The quantitative estimate of drug-likeness (QED) is 0.706. The second-order valence-electron chi connectivity index (χ2n) is 7.52. The number of pyridine rings is 1. The van der Waals surface area contributed by atoms with Gasteiger partial charge in [0.1, 0.15) is 0 Å². The molecular weight excluding hydrogens is 348 g/mol. The molecule has 0 spiro atoms. The summed E-state index contributed by atoms with van der Waals surface area (Å²) in [7, 11) is 0. The number of aryl methyl sites for hydroxylation is 2. The second-order valence-corrected chi connectivity index (χ2v) is 7.52. The summed E-state index contributed by atoms with van der Waals surface area (Å²) in [5.74, 6) is -0.207. The molecule has 146 valence electrons. The average molecular weight is 377 g/mol. The molecule has 0 radical (unpaired) electrons. The maximum absolute atomic E-state index is 13.0. The highest BCUT2D eigenvalue weighted by atomic mass is 16.2. The number of carbonyl (C=O) groups is 1. The van der Waals surface area contributed by atoms with Gasteiger partial charge in [-0.25, -0.2) is 0 Å². The number of amides is 1. The molecule has 0 aliphatic carbocycles. The van der Waals surface area contributed by atoms with E-state index in [-0.39, 0.29) is 17.9 Å². The third-order valence-electron chi connectivity index (χ3n) is 5.35. The average Bonchev–Trinajstić information content (AvgIpc) is 2.94. The van der Waals surface area contributed by atoms with Crippen molar-refractivity contribution in [2.45, 2.75) is 47.2 Å². The monoisotopic (exact) mass is 376 g/mol. The molecule has 0 aliphatic rings. The summed E-state index contributed by atoms with van der Waals surface area (Å²) in [5, 5.41) is 7.77. The van der Waals surface area contributed by atoms with Crippen molar-refractivity contribution in [2.24, 2.45) is 5.92 Å². The molecule has 1 aromatic carbocycles. The third-order valence-corrected chi connectivity index (χ3v) is 5.35. The maximum Gasteiger partial charge on any atom is 0.225 e. The van der Waals surface area contributed by atoms with Gasteiger partial charge < -0.3 is 5.32 Å². The van der Waals surface area contributed by atoms with Crippen LogP contribution < -0.4 is 5.32 Å². The standard InChI is InChI=1S/C23H28N4O/c1-15-8-10-20(11-9-15)22(21-7-6-12-24-13-21)25-23(28)16(2)14-27-19(5)17(3)18(4)26-27/h6-13,16,22H,14H2,1-5H3,(H,25,28)/t16-,22+/m1/s1. The van der Waals surface area contributed by atoms with Crippen LogP contribution in [-0.4, -0.2) is 20.7 Å². The van der Waals surface area contributed by atoms with E-state index in [0.717, 1.165) is 22.5 Å². The number of hydrogen-bond donors (Lipinski definition) is 1. The van der Waals surface area contributed by atoms with Crippen LogP contribution in [0.2, 0.25) is 0 Å². The van der Waals surface area contributed by atoms with Gasteiger partial charge in [0.05, 0.1) is 24.2 Å². The molecule has 2 aromatic heterocycles. The summed E-state index contributed by atoms with van der Waals surface area (Å²) >= 11 is 0. The zero-order valence-corrected chi connectivity index (χ0v) is 17.2. The smallest absolute Gasteiger partial charge is 0.225 e. The van der Waals surface area contributed by atoms with Crippen LogP contribution in [-0.2, 0) is 11.3 Å². The van der Waals surface area contributed by atoms with Gasteiger partial charge in [-0.2, -0.15) is 5.10 Å². The van der Waals surface area contributed by atoms with Crippen molar-refractivity contribution >= 4 is 5.91 Å². The molecular formula is C23H28N4O. The molecule has 0 saturated carbocycles. The van der Waals surface area contributed by atoms with Gasteiger partial charge in [-0.1, -0.05) is 42.8 Å². The summed E-state index contributed by atoms with van der Waals surface area (Å²) in [6.45, 7) is 10.7. The van der Waals surface area contributed by atoms with Crippen molar-refractivity contribution in [3.8, 4) is 0 Å². The van der Waals surface area contributed by atoms with E-state index in [9.17, 15) is 4.79 Å². The molecule has 1 amide bonds. The summed E-state index contributed by atoms with van der Waals surface area (Å²) in [6, 6.07) is 11.9. The van der Waals surface area contributed by atoms with Crippen LogP contribution in [0.15, 0.2) is 48.8 Å². The molecule has 0 fully saturated rings. The van der Waals surface area contributed by atoms with Crippen molar-refractivity contribution in [1.82, 2.24) is 20.1 Å². The lowest BCUT2D eigenvalue weighted by molar-refractivity contribution is -0.125. The van der Waals surface area contributed by atoms with Gasteiger partial charge in [-0.15, -0.1) is 0 Å². The van der Waals surface area contributed by atoms with Crippen LogP contribution in [0.5, 0.6) is 0 Å². The first-order valence-electron chi connectivity index (χ1n) is 9.64. The van der Waals surface area contributed by atoms with Gasteiger partial charge in [-0.3, -0.25) is 14.5 Å². The topological polar surface area (TPSA) is 59.8 Å². The number of nitrogens with zero attached hydrogens (tertiary/aromatic N) is 3. The van der Waals surface area contributed by atoms with Crippen molar-refractivity contribution in [3.63, 3.8) is 0 Å². The lowest BCUT2D eigenvalue weighted by atomic mass is 9.98. The minimum absolute atomic E-state index is 0.000339. The Morgan fingerprint density at radius 2 is 1.79 bits per heavy atom. The Hall–Kier alpha value is -2.95. The molecule has 3 rings (SSSR count). The van der Waals surface area contributed by atoms with E-state index in [1.54, 1.807) is 12.4 Å². The Kier molecular flexibility index (Phi) is 5.93. The fraction of sp³-hybridized carbons (Fsp3) is 0.348. The Morgan fingerprint density at radius 1 is 1.07 bits per heavy atom. The molecule has 2 heterocycles. The van der Waals surface area contributed by atoms with Gasteiger partial charge in [0.2, 0.25) is 5.91 Å². The van der Waals surface area contributed by atoms with E-state index in [4.69, 9.17) is 0 Å². The maximum atomic E-state index is 13.0. The molecule has 0 unspecified atom stereocenters. The van der Waals surface area contributed by atoms with Crippen LogP contribution in [0.3, 0.4) is 0 Å². The highest BCUT2D eigenvalue weighted by molar-refractivity contribution is 5.79. The highest BCUT2D eigenvalue weighted by Crippen LogP contribution is 2.23. The van der Waals surface area contributed by atoms with Crippen LogP contribution in [0.1, 0.15) is 46.6 Å². The molecule has 1 N–H and O–H groups in total. The Labute approximate surface area is 166 Å². The number of benzene rings is 1. The second kappa shape index (κ2) is 8.38. The fourth-order valence-corrected chi connectivity index (χ4v) is 3.26. The van der Waals surface area contributed by atoms with Crippen molar-refractivity contribution in [3.05, 3.63) is 82.4 Å². The van der Waals surface area contributed by atoms with E-state index in [2.05, 4.69) is 53.5 Å². The molecule has 2 atom stereocenters. The first-order valence-corrected chi connectivity index (χ1v) is 9.64. The van der Waals surface area contributed by atoms with Crippen molar-refractivity contribution < 1.29 is 4.79 Å². The molecule has 0 saturated heterocycles. The molecule has 5 nitrogen and oxygen atoms in total. The van der Waals surface area contributed by atoms with E-state index in [1.165, 1.54) is 11.1 Å². The van der Waals surface area contributed by atoms with Gasteiger partial charge >= 0.3 is 0 Å².